The quantitative estimate of drug-likeness (QED) is 0.356. The number of alkyl halides is 2. The molecule has 2 unspecified atom stereocenters. The molecule has 2 aliphatic carbocycles. The second kappa shape index (κ2) is 8.81. The van der Waals surface area contributed by atoms with Crippen LogP contribution in [0.25, 0.3) is 0 Å². The fraction of sp³-hybridized carbons (Fsp3) is 0.500. The van der Waals surface area contributed by atoms with Gasteiger partial charge in [-0.25, -0.2) is 8.78 Å². The van der Waals surface area contributed by atoms with Crippen LogP contribution in [-0.4, -0.2) is 40.8 Å². The third-order valence-corrected chi connectivity index (χ3v) is 9.31. The average Bonchev–Trinajstić information content (AvgIpc) is 3.42. The van der Waals surface area contributed by atoms with Gasteiger partial charge in [0.25, 0.3) is 0 Å². The Bertz CT molecular complexity index is 1330. The molecule has 0 bridgehead atoms. The first-order valence-corrected chi connectivity index (χ1v) is 14.9. The number of carbonyl (C=O) groups excluding carboxylic acids is 2. The third kappa shape index (κ3) is 5.52. The summed E-state index contributed by atoms with van der Waals surface area (Å²) in [4.78, 5) is 31.0. The second-order valence-corrected chi connectivity index (χ2v) is 13.4. The average molecular weight is 595 g/mol. The number of amides is 2. The number of hydrogen-bond donors (Lipinski definition) is 2. The Balaban J connectivity index is 1.58. The molecule has 2 aromatic rings. The van der Waals surface area contributed by atoms with Crippen molar-refractivity contribution in [3.63, 3.8) is 0 Å². The number of piperidine rings is 1. The van der Waals surface area contributed by atoms with Crippen LogP contribution in [0, 0.1) is 12.8 Å². The number of hydrogen-bond acceptors (Lipinski definition) is 4. The van der Waals surface area contributed by atoms with Crippen molar-refractivity contribution in [3.05, 3.63) is 53.9 Å². The summed E-state index contributed by atoms with van der Waals surface area (Å²) in [7, 11) is -10.0. The first-order valence-electron chi connectivity index (χ1n) is 12.9. The normalized spacial score (nSPS) is 26.6. The van der Waals surface area contributed by atoms with E-state index in [0.29, 0.717) is 24.9 Å². The minimum Gasteiger partial charge on any atom is -0.351 e. The predicted octanol–water partition coefficient (Wildman–Crippen LogP) is 6.57. The number of fused-ring (bicyclic) bond motifs is 1. The third-order valence-electron chi connectivity index (χ3n) is 8.14. The van der Waals surface area contributed by atoms with E-state index in [1.54, 1.807) is 13.0 Å². The molecule has 2 saturated carbocycles. The van der Waals surface area contributed by atoms with Crippen molar-refractivity contribution < 1.29 is 37.8 Å². The molecule has 14 heteroatoms. The lowest BCUT2D eigenvalue weighted by molar-refractivity contribution is -0.129. The Labute approximate surface area is 226 Å². The molecule has 1 aromatic heterocycles. The van der Waals surface area contributed by atoms with Crippen LogP contribution in [0.4, 0.5) is 33.9 Å². The van der Waals surface area contributed by atoms with Crippen molar-refractivity contribution >= 4 is 27.7 Å². The van der Waals surface area contributed by atoms with Gasteiger partial charge in [0.2, 0.25) is 17.7 Å². The van der Waals surface area contributed by atoms with Crippen LogP contribution in [0.15, 0.2) is 47.6 Å². The molecule has 1 saturated heterocycles. The number of carbonyl (C=O) groups is 2. The van der Waals surface area contributed by atoms with Crippen molar-refractivity contribution in [1.82, 2.24) is 15.6 Å². The highest BCUT2D eigenvalue weighted by molar-refractivity contribution is 8.45. The largest absolute Gasteiger partial charge is 0.351 e. The lowest BCUT2D eigenvalue weighted by Crippen LogP contribution is -2.54. The van der Waals surface area contributed by atoms with Crippen LogP contribution in [0.5, 0.6) is 0 Å². The van der Waals surface area contributed by atoms with E-state index in [4.69, 9.17) is 0 Å². The van der Waals surface area contributed by atoms with Crippen molar-refractivity contribution in [2.45, 2.75) is 73.9 Å². The maximum absolute atomic E-state index is 14.1. The Kier molecular flexibility index (Phi) is 6.31. The number of aromatic nitrogens is 1. The first kappa shape index (κ1) is 28.7. The molecule has 6 nitrogen and oxygen atoms in total. The Morgan fingerprint density at radius 2 is 1.70 bits per heavy atom. The summed E-state index contributed by atoms with van der Waals surface area (Å²) in [6, 6.07) is 1.43. The van der Waals surface area contributed by atoms with Gasteiger partial charge in [-0.1, -0.05) is 19.4 Å². The maximum Gasteiger partial charge on any atom is 0.310 e. The summed E-state index contributed by atoms with van der Waals surface area (Å²) in [5, 5.41) is 5.88. The van der Waals surface area contributed by atoms with Crippen molar-refractivity contribution in [2.24, 2.45) is 5.92 Å². The summed E-state index contributed by atoms with van der Waals surface area (Å²) in [5.41, 5.74) is -0.433. The van der Waals surface area contributed by atoms with Gasteiger partial charge in [-0.15, -0.1) is 0 Å². The van der Waals surface area contributed by atoms with Gasteiger partial charge < -0.3 is 10.6 Å². The van der Waals surface area contributed by atoms with Crippen LogP contribution in [0.3, 0.4) is 0 Å². The number of anilines is 1. The highest BCUT2D eigenvalue weighted by Crippen LogP contribution is 3.02. The topological polar surface area (TPSA) is 74.3 Å². The standard InChI is InChI=1S/C26H29F7N4O2S/c1-16-8-12-34-15-21(16)22(23(38)36-18-6-10-25(27,28)11-7-18)37(24(39)26-14-17(26)9-13-35-26)19-2-4-20(5-3-19)40(29,30,31,32)33/h2-5,8,12,15,17-18,22,35H,6-7,9-11,13-14H2,1H3,(H,36,38)/t17?,22?,26-/m1/s1. The summed E-state index contributed by atoms with van der Waals surface area (Å²) < 4.78 is 94.7. The molecule has 1 aliphatic heterocycles. The molecule has 40 heavy (non-hydrogen) atoms. The van der Waals surface area contributed by atoms with Crippen molar-refractivity contribution in [2.75, 3.05) is 11.4 Å². The Hall–Kier alpha value is -2.87. The molecular formula is C26H29F7N4O2S. The van der Waals surface area contributed by atoms with Crippen LogP contribution in [0.2, 0.25) is 0 Å². The predicted molar refractivity (Wildman–Crippen MR) is 136 cm³/mol. The number of benzene rings is 1. The van der Waals surface area contributed by atoms with E-state index in [2.05, 4.69) is 15.6 Å². The van der Waals surface area contributed by atoms with Crippen LogP contribution >= 0.6 is 10.2 Å². The van der Waals surface area contributed by atoms with Crippen molar-refractivity contribution in [3.8, 4) is 0 Å². The maximum atomic E-state index is 14.1. The number of rotatable bonds is 7. The molecule has 3 aliphatic rings. The zero-order chi connectivity index (χ0) is 29.2. The highest BCUT2D eigenvalue weighted by Gasteiger charge is 2.66. The smallest absolute Gasteiger partial charge is 0.310 e. The van der Waals surface area contributed by atoms with E-state index in [1.165, 1.54) is 12.4 Å². The van der Waals surface area contributed by atoms with Crippen LogP contribution in [-0.2, 0) is 9.59 Å². The van der Waals surface area contributed by atoms with Gasteiger partial charge in [-0.05, 0) is 81.0 Å². The van der Waals surface area contributed by atoms with E-state index in [0.717, 1.165) is 17.0 Å². The van der Waals surface area contributed by atoms with Gasteiger partial charge in [-0.2, -0.15) is 0 Å². The van der Waals surface area contributed by atoms with Crippen LogP contribution < -0.4 is 15.5 Å². The van der Waals surface area contributed by atoms with E-state index in [9.17, 15) is 37.8 Å². The van der Waals surface area contributed by atoms with Gasteiger partial charge >= 0.3 is 10.2 Å². The van der Waals surface area contributed by atoms with Crippen molar-refractivity contribution in [1.29, 1.82) is 0 Å². The molecule has 2 N–H and O–H groups in total. The second-order valence-electron chi connectivity index (χ2n) is 11.0. The number of aryl methyl sites for hydroxylation is 1. The van der Waals surface area contributed by atoms with Crippen LogP contribution in [0.1, 0.15) is 55.7 Å². The monoisotopic (exact) mass is 594 g/mol. The fourth-order valence-electron chi connectivity index (χ4n) is 5.79. The zero-order valence-corrected chi connectivity index (χ0v) is 22.3. The molecule has 0 spiro atoms. The van der Waals surface area contributed by atoms with Gasteiger partial charge in [-0.3, -0.25) is 19.5 Å². The molecule has 0 radical (unpaired) electrons. The number of halogens is 7. The minimum absolute atomic E-state index is 0.00238. The molecule has 1 aromatic carbocycles. The minimum atomic E-state index is -10.0. The number of pyridine rings is 1. The number of nitrogens with zero attached hydrogens (tertiary/aromatic N) is 2. The van der Waals surface area contributed by atoms with Gasteiger partial charge in [0, 0.05) is 42.5 Å². The molecule has 2 heterocycles. The van der Waals surface area contributed by atoms with Gasteiger partial charge in [0.05, 0.1) is 0 Å². The Morgan fingerprint density at radius 1 is 1.05 bits per heavy atom. The first-order chi connectivity index (χ1) is 18.4. The zero-order valence-electron chi connectivity index (χ0n) is 21.5. The number of nitrogens with one attached hydrogen (secondary N) is 2. The Morgan fingerprint density at radius 3 is 2.23 bits per heavy atom. The summed E-state index contributed by atoms with van der Waals surface area (Å²) in [6.45, 7) is 2.18. The summed E-state index contributed by atoms with van der Waals surface area (Å²) in [6.07, 6.45) is 3.08. The van der Waals surface area contributed by atoms with E-state index in [1.807, 2.05) is 0 Å². The molecule has 3 fully saturated rings. The SMILES string of the molecule is Cc1ccncc1C(C(=O)NC1CCC(F)(F)CC1)N(C(=O)[C@@]12CC1CCN2)c1ccc(S(F)(F)(F)(F)F)cc1. The molecule has 2 amide bonds. The lowest BCUT2D eigenvalue weighted by Gasteiger charge is -2.41. The fourth-order valence-corrected chi connectivity index (χ4v) is 6.44. The van der Waals surface area contributed by atoms with E-state index >= 15 is 0 Å². The molecular weight excluding hydrogens is 565 g/mol. The van der Waals surface area contributed by atoms with Gasteiger partial charge in [0.1, 0.15) is 16.5 Å². The molecule has 220 valence electrons. The summed E-state index contributed by atoms with van der Waals surface area (Å²) in [5.74, 6) is -4.22. The highest BCUT2D eigenvalue weighted by atomic mass is 32.5. The summed E-state index contributed by atoms with van der Waals surface area (Å²) >= 11 is 0. The van der Waals surface area contributed by atoms with E-state index in [-0.39, 0.29) is 42.1 Å². The van der Waals surface area contributed by atoms with E-state index < -0.39 is 63.3 Å². The molecule has 5 rings (SSSR count). The lowest BCUT2D eigenvalue weighted by atomic mass is 9.91. The van der Waals surface area contributed by atoms with Gasteiger partial charge in [0.15, 0.2) is 0 Å². The molecule has 3 atom stereocenters.